The molecular weight excluding hydrogens is 368 g/mol. The van der Waals surface area contributed by atoms with Crippen LogP contribution in [0.4, 0.5) is 0 Å². The molecule has 0 atom stereocenters. The molecule has 0 spiro atoms. The Balaban J connectivity index is 1.81. The van der Waals surface area contributed by atoms with Gasteiger partial charge in [0.15, 0.2) is 6.61 Å². The summed E-state index contributed by atoms with van der Waals surface area (Å²) >= 11 is 1.44. The second-order valence-electron chi connectivity index (χ2n) is 5.45. The van der Waals surface area contributed by atoms with Gasteiger partial charge in [0.05, 0.1) is 10.6 Å². The van der Waals surface area contributed by atoms with E-state index >= 15 is 0 Å². The van der Waals surface area contributed by atoms with Crippen molar-refractivity contribution in [3.8, 4) is 16.3 Å². The number of hydrazine groups is 1. The SMILES string of the molecule is CC(=O)NNC(=O)COC(=O)c1cn(-c2ccccc2)nc1-c1cccs1. The smallest absolute Gasteiger partial charge is 0.342 e. The lowest BCUT2D eigenvalue weighted by atomic mass is 10.2. The van der Waals surface area contributed by atoms with E-state index in [0.29, 0.717) is 5.69 Å². The van der Waals surface area contributed by atoms with E-state index in [1.807, 2.05) is 47.8 Å². The summed E-state index contributed by atoms with van der Waals surface area (Å²) in [6.07, 6.45) is 1.57. The second-order valence-corrected chi connectivity index (χ2v) is 6.40. The number of rotatable bonds is 5. The first-order valence-electron chi connectivity index (χ1n) is 7.96. The zero-order valence-electron chi connectivity index (χ0n) is 14.3. The van der Waals surface area contributed by atoms with Crippen LogP contribution in [0.2, 0.25) is 0 Å². The van der Waals surface area contributed by atoms with Crippen LogP contribution >= 0.6 is 11.3 Å². The third kappa shape index (κ3) is 4.59. The second kappa shape index (κ2) is 8.28. The summed E-state index contributed by atoms with van der Waals surface area (Å²) in [6, 6.07) is 13.1. The molecule has 2 heterocycles. The number of thiophene rings is 1. The third-order valence-electron chi connectivity index (χ3n) is 3.42. The van der Waals surface area contributed by atoms with E-state index in [1.54, 1.807) is 10.9 Å². The number of ether oxygens (including phenoxy) is 1. The van der Waals surface area contributed by atoms with Crippen molar-refractivity contribution in [1.29, 1.82) is 0 Å². The molecule has 0 aliphatic rings. The molecule has 2 aromatic heterocycles. The molecule has 0 unspecified atom stereocenters. The minimum absolute atomic E-state index is 0.244. The van der Waals surface area contributed by atoms with E-state index in [9.17, 15) is 14.4 Å². The van der Waals surface area contributed by atoms with Gasteiger partial charge >= 0.3 is 5.97 Å². The standard InChI is InChI=1S/C18H16N4O4S/c1-12(23)19-20-16(24)11-26-18(25)14-10-22(13-6-3-2-4-7-13)21-17(14)15-8-5-9-27-15/h2-10H,11H2,1H3,(H,19,23)(H,20,24). The first-order valence-corrected chi connectivity index (χ1v) is 8.84. The van der Waals surface area contributed by atoms with Crippen molar-refractivity contribution in [3.05, 3.63) is 59.6 Å². The molecule has 1 aromatic carbocycles. The maximum absolute atomic E-state index is 12.5. The number of nitrogens with one attached hydrogen (secondary N) is 2. The highest BCUT2D eigenvalue weighted by Crippen LogP contribution is 2.28. The molecule has 9 heteroatoms. The van der Waals surface area contributed by atoms with Crippen LogP contribution in [-0.4, -0.2) is 34.2 Å². The van der Waals surface area contributed by atoms with Crippen molar-refractivity contribution >= 4 is 29.1 Å². The van der Waals surface area contributed by atoms with Gasteiger partial charge in [-0.15, -0.1) is 11.3 Å². The Labute approximate surface area is 158 Å². The number of hydrogen-bond acceptors (Lipinski definition) is 6. The normalized spacial score (nSPS) is 10.3. The van der Waals surface area contributed by atoms with E-state index in [-0.39, 0.29) is 5.56 Å². The van der Waals surface area contributed by atoms with Crippen LogP contribution in [0.15, 0.2) is 54.0 Å². The average molecular weight is 384 g/mol. The Bertz CT molecular complexity index is 951. The number of hydrogen-bond donors (Lipinski definition) is 2. The predicted molar refractivity (Wildman–Crippen MR) is 99.1 cm³/mol. The number of carbonyl (C=O) groups excluding carboxylic acids is 3. The number of carbonyl (C=O) groups is 3. The third-order valence-corrected chi connectivity index (χ3v) is 4.30. The molecule has 3 rings (SSSR count). The molecule has 27 heavy (non-hydrogen) atoms. The van der Waals surface area contributed by atoms with E-state index < -0.39 is 24.4 Å². The molecule has 0 aliphatic heterocycles. The summed E-state index contributed by atoms with van der Waals surface area (Å²) in [6.45, 7) is 0.719. The van der Waals surface area contributed by atoms with Crippen LogP contribution in [-0.2, 0) is 14.3 Å². The summed E-state index contributed by atoms with van der Waals surface area (Å²) < 4.78 is 6.65. The predicted octanol–water partition coefficient (Wildman–Crippen LogP) is 1.92. The molecule has 0 radical (unpaired) electrons. The lowest BCUT2D eigenvalue weighted by molar-refractivity contribution is -0.129. The monoisotopic (exact) mass is 384 g/mol. The lowest BCUT2D eigenvalue weighted by Gasteiger charge is -2.06. The molecule has 0 bridgehead atoms. The van der Waals surface area contributed by atoms with E-state index in [4.69, 9.17) is 4.74 Å². The topological polar surface area (TPSA) is 102 Å². The van der Waals surface area contributed by atoms with Crippen LogP contribution in [0.1, 0.15) is 17.3 Å². The van der Waals surface area contributed by atoms with Crippen LogP contribution < -0.4 is 10.9 Å². The molecule has 0 fully saturated rings. The van der Waals surface area contributed by atoms with Gasteiger partial charge < -0.3 is 4.74 Å². The van der Waals surface area contributed by atoms with Crippen molar-refractivity contribution in [3.63, 3.8) is 0 Å². The quantitative estimate of drug-likeness (QED) is 0.517. The van der Waals surface area contributed by atoms with Crippen LogP contribution in [0.3, 0.4) is 0 Å². The highest BCUT2D eigenvalue weighted by atomic mass is 32.1. The summed E-state index contributed by atoms with van der Waals surface area (Å²) in [5, 5.41) is 6.38. The maximum atomic E-state index is 12.5. The summed E-state index contributed by atoms with van der Waals surface area (Å²) in [5.74, 6) is -1.76. The van der Waals surface area contributed by atoms with Crippen LogP contribution in [0.5, 0.6) is 0 Å². The minimum atomic E-state index is -0.682. The van der Waals surface area contributed by atoms with Gasteiger partial charge in [-0.25, -0.2) is 9.48 Å². The van der Waals surface area contributed by atoms with E-state index in [0.717, 1.165) is 10.6 Å². The Hall–Kier alpha value is -3.46. The molecule has 0 saturated carbocycles. The van der Waals surface area contributed by atoms with Crippen LogP contribution in [0.25, 0.3) is 16.3 Å². The molecule has 3 aromatic rings. The largest absolute Gasteiger partial charge is 0.452 e. The molecule has 2 N–H and O–H groups in total. The van der Waals surface area contributed by atoms with Gasteiger partial charge in [-0.3, -0.25) is 20.4 Å². The fourth-order valence-corrected chi connectivity index (χ4v) is 2.96. The van der Waals surface area contributed by atoms with E-state index in [2.05, 4.69) is 16.0 Å². The fourth-order valence-electron chi connectivity index (χ4n) is 2.23. The molecule has 8 nitrogen and oxygen atoms in total. The summed E-state index contributed by atoms with van der Waals surface area (Å²) in [7, 11) is 0. The highest BCUT2D eigenvalue weighted by Gasteiger charge is 2.21. The van der Waals surface area contributed by atoms with Gasteiger partial charge in [-0.1, -0.05) is 24.3 Å². The number of aromatic nitrogens is 2. The molecule has 2 amide bonds. The molecule has 138 valence electrons. The average Bonchev–Trinajstić information content (AvgIpc) is 3.34. The Morgan fingerprint density at radius 1 is 1.11 bits per heavy atom. The Morgan fingerprint density at radius 3 is 2.56 bits per heavy atom. The van der Waals surface area contributed by atoms with Crippen molar-refractivity contribution < 1.29 is 19.1 Å². The van der Waals surface area contributed by atoms with Crippen molar-refractivity contribution in [2.24, 2.45) is 0 Å². The Morgan fingerprint density at radius 2 is 1.89 bits per heavy atom. The zero-order chi connectivity index (χ0) is 19.2. The highest BCUT2D eigenvalue weighted by molar-refractivity contribution is 7.13. The van der Waals surface area contributed by atoms with Crippen LogP contribution in [0, 0.1) is 0 Å². The Kier molecular flexibility index (Phi) is 5.62. The van der Waals surface area contributed by atoms with Gasteiger partial charge in [0.25, 0.3) is 5.91 Å². The molecule has 0 aliphatic carbocycles. The van der Waals surface area contributed by atoms with Gasteiger partial charge in [-0.2, -0.15) is 5.10 Å². The van der Waals surface area contributed by atoms with Gasteiger partial charge in [-0.05, 0) is 23.6 Å². The molecular formula is C18H16N4O4S. The van der Waals surface area contributed by atoms with E-state index in [1.165, 1.54) is 18.3 Å². The van der Waals surface area contributed by atoms with Crippen molar-refractivity contribution in [2.75, 3.05) is 6.61 Å². The first-order chi connectivity index (χ1) is 13.0. The number of para-hydroxylation sites is 1. The number of benzene rings is 1. The lowest BCUT2D eigenvalue weighted by Crippen LogP contribution is -2.42. The number of esters is 1. The van der Waals surface area contributed by atoms with Crippen molar-refractivity contribution in [2.45, 2.75) is 6.92 Å². The number of nitrogens with zero attached hydrogens (tertiary/aromatic N) is 2. The maximum Gasteiger partial charge on any atom is 0.342 e. The molecule has 0 saturated heterocycles. The summed E-state index contributed by atoms with van der Waals surface area (Å²) in [4.78, 5) is 35.7. The van der Waals surface area contributed by atoms with Gasteiger partial charge in [0.2, 0.25) is 5.91 Å². The fraction of sp³-hybridized carbons (Fsp3) is 0.111. The van der Waals surface area contributed by atoms with Gasteiger partial charge in [0.1, 0.15) is 11.3 Å². The number of amides is 2. The van der Waals surface area contributed by atoms with Crippen molar-refractivity contribution in [1.82, 2.24) is 20.6 Å². The first kappa shape index (κ1) is 18.3. The van der Waals surface area contributed by atoms with Gasteiger partial charge in [0, 0.05) is 13.1 Å². The minimum Gasteiger partial charge on any atom is -0.452 e. The zero-order valence-corrected chi connectivity index (χ0v) is 15.2. The summed E-state index contributed by atoms with van der Waals surface area (Å²) in [5.41, 5.74) is 5.76.